The Labute approximate surface area is 139 Å². The van der Waals surface area contributed by atoms with E-state index in [0.29, 0.717) is 5.82 Å². The van der Waals surface area contributed by atoms with E-state index in [-0.39, 0.29) is 11.8 Å². The molecule has 0 radical (unpaired) electrons. The molecule has 1 saturated carbocycles. The Kier molecular flexibility index (Phi) is 3.50. The van der Waals surface area contributed by atoms with Crippen LogP contribution in [0, 0.1) is 5.92 Å². The van der Waals surface area contributed by atoms with Crippen molar-refractivity contribution in [3.05, 3.63) is 59.8 Å². The second kappa shape index (κ2) is 5.67. The average molecular weight is 323 g/mol. The largest absolute Gasteiger partial charge is 0.310 e. The van der Waals surface area contributed by atoms with Gasteiger partial charge in [0, 0.05) is 28.1 Å². The second-order valence-electron chi connectivity index (χ2n) is 5.87. The van der Waals surface area contributed by atoms with Crippen molar-refractivity contribution >= 4 is 34.1 Å². The SMILES string of the molecule is O=C(Nc1cc2ccc(-c3ccccc3Cl)cc2cn1)C1CC1. The standard InChI is InChI=1S/C19H15ClN2O/c20-17-4-2-1-3-16(17)14-8-7-13-10-18(21-11-15(13)9-14)22-19(23)12-5-6-12/h1-4,7-12H,5-6H2,(H,21,22,23). The molecule has 0 unspecified atom stereocenters. The lowest BCUT2D eigenvalue weighted by atomic mass is 10.0. The van der Waals surface area contributed by atoms with Gasteiger partial charge in [0.15, 0.2) is 0 Å². The molecule has 0 aliphatic heterocycles. The van der Waals surface area contributed by atoms with E-state index in [1.165, 1.54) is 0 Å². The quantitative estimate of drug-likeness (QED) is 0.745. The number of anilines is 1. The summed E-state index contributed by atoms with van der Waals surface area (Å²) in [5.74, 6) is 0.861. The highest BCUT2D eigenvalue weighted by Gasteiger charge is 2.29. The fourth-order valence-electron chi connectivity index (χ4n) is 2.65. The molecule has 1 aliphatic carbocycles. The summed E-state index contributed by atoms with van der Waals surface area (Å²) < 4.78 is 0. The molecule has 1 aliphatic rings. The van der Waals surface area contributed by atoms with Crippen LogP contribution >= 0.6 is 11.6 Å². The van der Waals surface area contributed by atoms with Crippen molar-refractivity contribution in [3.8, 4) is 11.1 Å². The number of nitrogens with one attached hydrogen (secondary N) is 1. The Hall–Kier alpha value is -2.39. The minimum atomic E-state index is 0.0736. The van der Waals surface area contributed by atoms with Crippen LogP contribution in [0.1, 0.15) is 12.8 Å². The van der Waals surface area contributed by atoms with E-state index in [4.69, 9.17) is 11.6 Å². The molecule has 1 heterocycles. The maximum atomic E-state index is 11.8. The monoisotopic (exact) mass is 322 g/mol. The number of nitrogens with zero attached hydrogens (tertiary/aromatic N) is 1. The molecule has 0 bridgehead atoms. The van der Waals surface area contributed by atoms with E-state index in [1.807, 2.05) is 42.5 Å². The Morgan fingerprint density at radius 2 is 1.91 bits per heavy atom. The van der Waals surface area contributed by atoms with E-state index in [1.54, 1.807) is 6.20 Å². The number of halogens is 1. The Balaban J connectivity index is 1.67. The lowest BCUT2D eigenvalue weighted by Crippen LogP contribution is -2.14. The number of hydrogen-bond donors (Lipinski definition) is 1. The summed E-state index contributed by atoms with van der Waals surface area (Å²) in [6.45, 7) is 0. The first-order chi connectivity index (χ1) is 11.2. The van der Waals surface area contributed by atoms with E-state index in [9.17, 15) is 4.79 Å². The second-order valence-corrected chi connectivity index (χ2v) is 6.28. The first-order valence-electron chi connectivity index (χ1n) is 7.66. The van der Waals surface area contributed by atoms with Gasteiger partial charge in [-0.25, -0.2) is 4.98 Å². The van der Waals surface area contributed by atoms with Crippen LogP contribution in [0.4, 0.5) is 5.82 Å². The Morgan fingerprint density at radius 3 is 2.70 bits per heavy atom. The zero-order chi connectivity index (χ0) is 15.8. The van der Waals surface area contributed by atoms with Gasteiger partial charge in [-0.1, -0.05) is 41.9 Å². The molecule has 3 nitrogen and oxygen atoms in total. The number of fused-ring (bicyclic) bond motifs is 1. The molecule has 1 fully saturated rings. The van der Waals surface area contributed by atoms with Crippen LogP contribution in [-0.2, 0) is 4.79 Å². The Bertz CT molecular complexity index is 903. The summed E-state index contributed by atoms with van der Waals surface area (Å²) in [7, 11) is 0. The van der Waals surface area contributed by atoms with Crippen molar-refractivity contribution in [1.82, 2.24) is 4.98 Å². The molecular weight excluding hydrogens is 308 g/mol. The molecule has 4 rings (SSSR count). The first-order valence-corrected chi connectivity index (χ1v) is 8.04. The van der Waals surface area contributed by atoms with Crippen LogP contribution in [0.15, 0.2) is 54.7 Å². The van der Waals surface area contributed by atoms with Crippen molar-refractivity contribution in [2.75, 3.05) is 5.32 Å². The Morgan fingerprint density at radius 1 is 1.09 bits per heavy atom. The van der Waals surface area contributed by atoms with E-state index < -0.39 is 0 Å². The van der Waals surface area contributed by atoms with Crippen molar-refractivity contribution in [2.45, 2.75) is 12.8 Å². The molecular formula is C19H15ClN2O. The van der Waals surface area contributed by atoms with Gasteiger partial charge in [0.1, 0.15) is 5.82 Å². The topological polar surface area (TPSA) is 42.0 Å². The number of pyridine rings is 1. The lowest BCUT2D eigenvalue weighted by Gasteiger charge is -2.08. The average Bonchev–Trinajstić information content (AvgIpc) is 3.40. The molecule has 0 atom stereocenters. The third-order valence-corrected chi connectivity index (χ3v) is 4.44. The lowest BCUT2D eigenvalue weighted by molar-refractivity contribution is -0.117. The summed E-state index contributed by atoms with van der Waals surface area (Å²) in [4.78, 5) is 16.2. The maximum Gasteiger partial charge on any atom is 0.228 e. The predicted molar refractivity (Wildman–Crippen MR) is 93.5 cm³/mol. The molecule has 4 heteroatoms. The van der Waals surface area contributed by atoms with E-state index in [0.717, 1.165) is 39.8 Å². The van der Waals surface area contributed by atoms with Gasteiger partial charge in [-0.05, 0) is 42.0 Å². The van der Waals surface area contributed by atoms with Gasteiger partial charge in [-0.15, -0.1) is 0 Å². The molecule has 1 aromatic heterocycles. The van der Waals surface area contributed by atoms with Crippen LogP contribution in [0.3, 0.4) is 0 Å². The molecule has 2 aromatic carbocycles. The number of benzene rings is 2. The van der Waals surface area contributed by atoms with Crippen molar-refractivity contribution < 1.29 is 4.79 Å². The van der Waals surface area contributed by atoms with Crippen LogP contribution in [0.25, 0.3) is 21.9 Å². The zero-order valence-corrected chi connectivity index (χ0v) is 13.2. The minimum Gasteiger partial charge on any atom is -0.310 e. The molecule has 1 amide bonds. The van der Waals surface area contributed by atoms with Crippen molar-refractivity contribution in [3.63, 3.8) is 0 Å². The predicted octanol–water partition coefficient (Wildman–Crippen LogP) is 4.90. The molecule has 1 N–H and O–H groups in total. The number of rotatable bonds is 3. The third-order valence-electron chi connectivity index (χ3n) is 4.11. The number of carbonyl (C=O) groups is 1. The van der Waals surface area contributed by atoms with Gasteiger partial charge in [-0.3, -0.25) is 4.79 Å². The van der Waals surface area contributed by atoms with Gasteiger partial charge in [0.25, 0.3) is 0 Å². The molecule has 23 heavy (non-hydrogen) atoms. The number of aromatic nitrogens is 1. The van der Waals surface area contributed by atoms with Crippen LogP contribution < -0.4 is 5.32 Å². The van der Waals surface area contributed by atoms with Gasteiger partial charge in [-0.2, -0.15) is 0 Å². The van der Waals surface area contributed by atoms with Gasteiger partial charge in [0.2, 0.25) is 5.91 Å². The summed E-state index contributed by atoms with van der Waals surface area (Å²) in [6, 6.07) is 15.8. The minimum absolute atomic E-state index is 0.0736. The van der Waals surface area contributed by atoms with Crippen LogP contribution in [0.5, 0.6) is 0 Å². The van der Waals surface area contributed by atoms with Gasteiger partial charge in [0.05, 0.1) is 0 Å². The third kappa shape index (κ3) is 2.92. The summed E-state index contributed by atoms with van der Waals surface area (Å²) in [5, 5.41) is 5.67. The van der Waals surface area contributed by atoms with Crippen LogP contribution in [-0.4, -0.2) is 10.9 Å². The molecule has 0 spiro atoms. The smallest absolute Gasteiger partial charge is 0.228 e. The molecule has 0 saturated heterocycles. The highest BCUT2D eigenvalue weighted by Crippen LogP contribution is 2.32. The zero-order valence-electron chi connectivity index (χ0n) is 12.4. The number of amides is 1. The van der Waals surface area contributed by atoms with E-state index in [2.05, 4.69) is 16.4 Å². The summed E-state index contributed by atoms with van der Waals surface area (Å²) >= 11 is 6.26. The van der Waals surface area contributed by atoms with Crippen molar-refractivity contribution in [2.24, 2.45) is 5.92 Å². The summed E-state index contributed by atoms with van der Waals surface area (Å²) in [5.41, 5.74) is 2.06. The van der Waals surface area contributed by atoms with E-state index >= 15 is 0 Å². The highest BCUT2D eigenvalue weighted by atomic mass is 35.5. The fraction of sp³-hybridized carbons (Fsp3) is 0.158. The number of hydrogen-bond acceptors (Lipinski definition) is 2. The van der Waals surface area contributed by atoms with Crippen LogP contribution in [0.2, 0.25) is 5.02 Å². The maximum absolute atomic E-state index is 11.8. The first kappa shape index (κ1) is 14.2. The van der Waals surface area contributed by atoms with Gasteiger partial charge < -0.3 is 5.32 Å². The normalized spacial score (nSPS) is 14.0. The highest BCUT2D eigenvalue weighted by molar-refractivity contribution is 6.33. The van der Waals surface area contributed by atoms with Gasteiger partial charge >= 0.3 is 0 Å². The summed E-state index contributed by atoms with van der Waals surface area (Å²) in [6.07, 6.45) is 3.76. The number of carbonyl (C=O) groups excluding carboxylic acids is 1. The fourth-order valence-corrected chi connectivity index (χ4v) is 2.89. The molecule has 114 valence electrons. The molecule has 3 aromatic rings. The van der Waals surface area contributed by atoms with Crippen molar-refractivity contribution in [1.29, 1.82) is 0 Å².